The van der Waals surface area contributed by atoms with Crippen molar-refractivity contribution in [3.05, 3.63) is 28.2 Å². The average Bonchev–Trinajstić information content (AvgIpc) is 2.74. The van der Waals surface area contributed by atoms with Gasteiger partial charge in [0.05, 0.1) is 25.2 Å². The second-order valence-corrected chi connectivity index (χ2v) is 8.27. The minimum absolute atomic E-state index is 0.0751. The van der Waals surface area contributed by atoms with Gasteiger partial charge in [0.1, 0.15) is 11.8 Å². The van der Waals surface area contributed by atoms with Gasteiger partial charge in [0.25, 0.3) is 5.91 Å². The molecule has 0 saturated carbocycles. The van der Waals surface area contributed by atoms with E-state index in [1.807, 2.05) is 6.92 Å². The second kappa shape index (κ2) is 12.6. The number of rotatable bonds is 9. The number of halogens is 1. The van der Waals surface area contributed by atoms with Crippen molar-refractivity contribution >= 4 is 51.0 Å². The van der Waals surface area contributed by atoms with Gasteiger partial charge in [-0.05, 0) is 43.8 Å². The van der Waals surface area contributed by atoms with E-state index in [0.29, 0.717) is 42.1 Å². The molecule has 2 amide bonds. The standard InChI is InChI=1S/C21H28BrN3O5S/c1-3-5-6-11-30-18(26)13-16-20(28)23-9-10-25(16)21(31)24-19(27)15-12-14(22)7-8-17(15)29-4-2/h7-8,12,16H,3-6,9-11,13H2,1-2H3,(H,23,28)(H,24,27,31). The summed E-state index contributed by atoms with van der Waals surface area (Å²) in [6.07, 6.45) is 2.63. The number of amides is 2. The highest BCUT2D eigenvalue weighted by Crippen LogP contribution is 2.23. The van der Waals surface area contributed by atoms with Gasteiger partial charge in [-0.15, -0.1) is 0 Å². The molecule has 1 heterocycles. The number of nitrogens with zero attached hydrogens (tertiary/aromatic N) is 1. The predicted molar refractivity (Wildman–Crippen MR) is 124 cm³/mol. The SMILES string of the molecule is CCCCCOC(=O)CC1C(=O)NCCN1C(=S)NC(=O)c1cc(Br)ccc1OCC. The fraction of sp³-hybridized carbons (Fsp3) is 0.524. The number of benzene rings is 1. The zero-order valence-electron chi connectivity index (χ0n) is 17.7. The molecule has 31 heavy (non-hydrogen) atoms. The molecule has 1 aromatic rings. The Bertz CT molecular complexity index is 820. The molecular formula is C21H28BrN3O5S. The van der Waals surface area contributed by atoms with Crippen molar-refractivity contribution in [2.45, 2.75) is 45.6 Å². The number of ether oxygens (including phenoxy) is 2. The van der Waals surface area contributed by atoms with E-state index in [4.69, 9.17) is 21.7 Å². The largest absolute Gasteiger partial charge is 0.493 e. The molecule has 1 aliphatic heterocycles. The van der Waals surface area contributed by atoms with Gasteiger partial charge in [-0.1, -0.05) is 35.7 Å². The van der Waals surface area contributed by atoms with Crippen LogP contribution in [0.15, 0.2) is 22.7 Å². The van der Waals surface area contributed by atoms with E-state index in [2.05, 4.69) is 33.5 Å². The summed E-state index contributed by atoms with van der Waals surface area (Å²) >= 11 is 8.76. The Labute approximate surface area is 196 Å². The topological polar surface area (TPSA) is 97.0 Å². The van der Waals surface area contributed by atoms with Crippen LogP contribution < -0.4 is 15.4 Å². The summed E-state index contributed by atoms with van der Waals surface area (Å²) in [5.41, 5.74) is 0.312. The van der Waals surface area contributed by atoms with Crippen molar-refractivity contribution in [3.8, 4) is 5.75 Å². The molecule has 0 aromatic heterocycles. The molecule has 0 aliphatic carbocycles. The lowest BCUT2D eigenvalue weighted by molar-refractivity contribution is -0.147. The first-order valence-electron chi connectivity index (χ1n) is 10.3. The lowest BCUT2D eigenvalue weighted by Crippen LogP contribution is -2.60. The van der Waals surface area contributed by atoms with Crippen LogP contribution in [0.1, 0.15) is 49.9 Å². The van der Waals surface area contributed by atoms with Crippen LogP contribution in [-0.4, -0.2) is 60.1 Å². The molecule has 1 atom stereocenters. The minimum atomic E-state index is -0.839. The molecular weight excluding hydrogens is 486 g/mol. The molecule has 0 bridgehead atoms. The summed E-state index contributed by atoms with van der Waals surface area (Å²) in [4.78, 5) is 39.0. The van der Waals surface area contributed by atoms with Crippen molar-refractivity contribution in [1.29, 1.82) is 0 Å². The molecule has 170 valence electrons. The summed E-state index contributed by atoms with van der Waals surface area (Å²) in [6.45, 7) is 5.35. The van der Waals surface area contributed by atoms with E-state index in [1.54, 1.807) is 23.1 Å². The van der Waals surface area contributed by atoms with E-state index in [-0.39, 0.29) is 17.4 Å². The van der Waals surface area contributed by atoms with Crippen LogP contribution in [0.3, 0.4) is 0 Å². The van der Waals surface area contributed by atoms with Crippen LogP contribution in [0, 0.1) is 0 Å². The third-order valence-corrected chi connectivity index (χ3v) is 5.50. The molecule has 2 rings (SSSR count). The smallest absolute Gasteiger partial charge is 0.308 e. The Morgan fingerprint density at radius 3 is 2.81 bits per heavy atom. The minimum Gasteiger partial charge on any atom is -0.493 e. The Morgan fingerprint density at radius 2 is 2.10 bits per heavy atom. The predicted octanol–water partition coefficient (Wildman–Crippen LogP) is 2.79. The number of nitrogens with one attached hydrogen (secondary N) is 2. The molecule has 0 radical (unpaired) electrons. The maximum Gasteiger partial charge on any atom is 0.308 e. The van der Waals surface area contributed by atoms with Crippen LogP contribution in [0.25, 0.3) is 0 Å². The number of unbranched alkanes of at least 4 members (excludes halogenated alkanes) is 2. The van der Waals surface area contributed by atoms with Gasteiger partial charge in [0.15, 0.2) is 5.11 Å². The molecule has 2 N–H and O–H groups in total. The van der Waals surface area contributed by atoms with E-state index in [9.17, 15) is 14.4 Å². The van der Waals surface area contributed by atoms with Crippen LogP contribution in [-0.2, 0) is 14.3 Å². The monoisotopic (exact) mass is 513 g/mol. The van der Waals surface area contributed by atoms with Gasteiger partial charge in [0, 0.05) is 17.6 Å². The lowest BCUT2D eigenvalue weighted by atomic mass is 10.1. The van der Waals surface area contributed by atoms with E-state index in [1.165, 1.54) is 0 Å². The second-order valence-electron chi connectivity index (χ2n) is 6.96. The molecule has 8 nitrogen and oxygen atoms in total. The van der Waals surface area contributed by atoms with Crippen molar-refractivity contribution in [2.75, 3.05) is 26.3 Å². The number of hydrogen-bond donors (Lipinski definition) is 2. The molecule has 1 saturated heterocycles. The van der Waals surface area contributed by atoms with Gasteiger partial charge < -0.3 is 19.7 Å². The summed E-state index contributed by atoms with van der Waals surface area (Å²) in [7, 11) is 0. The Morgan fingerprint density at radius 1 is 1.32 bits per heavy atom. The van der Waals surface area contributed by atoms with Crippen molar-refractivity contribution < 1.29 is 23.9 Å². The third kappa shape index (κ3) is 7.46. The number of piperazine rings is 1. The zero-order valence-corrected chi connectivity index (χ0v) is 20.1. The quantitative estimate of drug-likeness (QED) is 0.297. The van der Waals surface area contributed by atoms with Crippen molar-refractivity contribution in [3.63, 3.8) is 0 Å². The lowest BCUT2D eigenvalue weighted by Gasteiger charge is -2.36. The first-order chi connectivity index (χ1) is 14.9. The van der Waals surface area contributed by atoms with Crippen molar-refractivity contribution in [1.82, 2.24) is 15.5 Å². The summed E-state index contributed by atoms with van der Waals surface area (Å²) in [6, 6.07) is 4.26. The number of carbonyl (C=O) groups excluding carboxylic acids is 3. The summed E-state index contributed by atoms with van der Waals surface area (Å²) in [5.74, 6) is -0.829. The number of hydrogen-bond acceptors (Lipinski definition) is 6. The first kappa shape index (κ1) is 25.1. The zero-order chi connectivity index (χ0) is 22.8. The first-order valence-corrected chi connectivity index (χ1v) is 11.5. The number of thiocarbonyl (C=S) groups is 1. The Balaban J connectivity index is 2.06. The van der Waals surface area contributed by atoms with Gasteiger partial charge in [0.2, 0.25) is 5.91 Å². The fourth-order valence-electron chi connectivity index (χ4n) is 3.11. The Hall–Kier alpha value is -2.20. The van der Waals surface area contributed by atoms with Crippen LogP contribution in [0.2, 0.25) is 0 Å². The van der Waals surface area contributed by atoms with Gasteiger partial charge in [-0.25, -0.2) is 0 Å². The molecule has 0 spiro atoms. The van der Waals surface area contributed by atoms with Crippen LogP contribution in [0.5, 0.6) is 5.75 Å². The average molecular weight is 514 g/mol. The summed E-state index contributed by atoms with van der Waals surface area (Å²) < 4.78 is 11.5. The normalized spacial score (nSPS) is 15.8. The van der Waals surface area contributed by atoms with Gasteiger partial charge >= 0.3 is 5.97 Å². The highest BCUT2D eigenvalue weighted by Gasteiger charge is 2.34. The Kier molecular flexibility index (Phi) is 10.2. The number of carbonyl (C=O) groups is 3. The molecule has 10 heteroatoms. The highest BCUT2D eigenvalue weighted by atomic mass is 79.9. The molecule has 1 aromatic carbocycles. The van der Waals surface area contributed by atoms with Crippen LogP contribution >= 0.6 is 28.1 Å². The van der Waals surface area contributed by atoms with Crippen LogP contribution in [0.4, 0.5) is 0 Å². The molecule has 1 fully saturated rings. The fourth-order valence-corrected chi connectivity index (χ4v) is 3.79. The maximum atomic E-state index is 12.8. The van der Waals surface area contributed by atoms with E-state index >= 15 is 0 Å². The van der Waals surface area contributed by atoms with Gasteiger partial charge in [-0.3, -0.25) is 19.7 Å². The van der Waals surface area contributed by atoms with Gasteiger partial charge in [-0.2, -0.15) is 0 Å². The number of esters is 1. The third-order valence-electron chi connectivity index (χ3n) is 4.67. The highest BCUT2D eigenvalue weighted by molar-refractivity contribution is 9.10. The summed E-state index contributed by atoms with van der Waals surface area (Å²) in [5, 5.41) is 5.47. The maximum absolute atomic E-state index is 12.8. The van der Waals surface area contributed by atoms with Crippen molar-refractivity contribution in [2.24, 2.45) is 0 Å². The molecule has 1 aliphatic rings. The van der Waals surface area contributed by atoms with E-state index in [0.717, 1.165) is 19.3 Å². The van der Waals surface area contributed by atoms with E-state index < -0.39 is 17.9 Å². The molecule has 1 unspecified atom stereocenters.